The molecular weight excluding hydrogens is 513 g/mol. The van der Waals surface area contributed by atoms with E-state index >= 15 is 4.39 Å². The predicted molar refractivity (Wildman–Crippen MR) is 163 cm³/mol. The first-order valence-electron chi connectivity index (χ1n) is 15.5. The summed E-state index contributed by atoms with van der Waals surface area (Å²) in [6.07, 6.45) is 10.4. The van der Waals surface area contributed by atoms with Crippen LogP contribution in [0.1, 0.15) is 74.7 Å². The minimum absolute atomic E-state index is 0.0563. The van der Waals surface area contributed by atoms with Gasteiger partial charge in [-0.3, -0.25) is 4.79 Å². The highest BCUT2D eigenvalue weighted by Gasteiger charge is 2.33. The number of aromatic nitrogens is 2. The average Bonchev–Trinajstić information content (AvgIpc) is 3.55. The second-order valence-electron chi connectivity index (χ2n) is 12.3. The van der Waals surface area contributed by atoms with Crippen molar-refractivity contribution in [3.63, 3.8) is 0 Å². The van der Waals surface area contributed by atoms with Gasteiger partial charge in [-0.05, 0) is 81.2 Å². The van der Waals surface area contributed by atoms with Gasteiger partial charge in [-0.2, -0.15) is 0 Å². The van der Waals surface area contributed by atoms with E-state index in [9.17, 15) is 4.79 Å². The normalized spacial score (nSPS) is 20.8. The largest absolute Gasteiger partial charge is 0.372 e. The van der Waals surface area contributed by atoms with Gasteiger partial charge in [0.1, 0.15) is 5.82 Å². The third-order valence-electron chi connectivity index (χ3n) is 9.35. The number of nitrogens with zero attached hydrogens (tertiary/aromatic N) is 5. The molecule has 3 aliphatic rings. The lowest BCUT2D eigenvalue weighted by molar-refractivity contribution is 0.0690. The molecule has 2 saturated heterocycles. The third-order valence-corrected chi connectivity index (χ3v) is 9.35. The number of piperidine rings is 1. The van der Waals surface area contributed by atoms with E-state index in [4.69, 9.17) is 9.97 Å². The van der Waals surface area contributed by atoms with Gasteiger partial charge in [0.05, 0.1) is 11.3 Å². The number of halogens is 1. The Hall–Kier alpha value is -3.48. The summed E-state index contributed by atoms with van der Waals surface area (Å²) in [5.41, 5.74) is 3.35. The van der Waals surface area contributed by atoms with Crippen LogP contribution >= 0.6 is 0 Å². The summed E-state index contributed by atoms with van der Waals surface area (Å²) in [6, 6.07) is 15.1. The Kier molecular flexibility index (Phi) is 8.22. The Balaban J connectivity index is 1.29. The van der Waals surface area contributed by atoms with E-state index in [0.717, 1.165) is 44.1 Å². The van der Waals surface area contributed by atoms with Crippen molar-refractivity contribution >= 4 is 17.5 Å². The van der Waals surface area contributed by atoms with Crippen molar-refractivity contribution in [2.75, 3.05) is 36.0 Å². The van der Waals surface area contributed by atoms with E-state index in [1.165, 1.54) is 50.3 Å². The van der Waals surface area contributed by atoms with Crippen molar-refractivity contribution in [3.8, 4) is 11.3 Å². The van der Waals surface area contributed by atoms with Gasteiger partial charge in [0, 0.05) is 56.2 Å². The molecule has 0 bridgehead atoms. The fourth-order valence-corrected chi connectivity index (χ4v) is 6.95. The van der Waals surface area contributed by atoms with Crippen LogP contribution < -0.4 is 9.80 Å². The second-order valence-corrected chi connectivity index (χ2v) is 12.3. The van der Waals surface area contributed by atoms with Gasteiger partial charge in [0.2, 0.25) is 5.95 Å². The molecule has 3 aromatic rings. The number of hydrogen-bond acceptors (Lipinski definition) is 5. The maximum atomic E-state index is 15.2. The van der Waals surface area contributed by atoms with Gasteiger partial charge >= 0.3 is 0 Å². The molecule has 2 atom stereocenters. The maximum absolute atomic E-state index is 15.2. The van der Waals surface area contributed by atoms with Crippen LogP contribution in [-0.2, 0) is 6.54 Å². The predicted octanol–water partition coefficient (Wildman–Crippen LogP) is 6.95. The number of rotatable bonds is 7. The summed E-state index contributed by atoms with van der Waals surface area (Å²) in [5.74, 6) is 1.48. The highest BCUT2D eigenvalue weighted by atomic mass is 19.1. The van der Waals surface area contributed by atoms with Gasteiger partial charge in [-0.15, -0.1) is 0 Å². The summed E-state index contributed by atoms with van der Waals surface area (Å²) < 4.78 is 15.2. The first-order valence-corrected chi connectivity index (χ1v) is 15.5. The van der Waals surface area contributed by atoms with Gasteiger partial charge in [-0.1, -0.05) is 43.5 Å². The zero-order chi connectivity index (χ0) is 28.3. The fourth-order valence-electron chi connectivity index (χ4n) is 6.95. The zero-order valence-electron chi connectivity index (χ0n) is 24.4. The molecule has 6 rings (SSSR count). The van der Waals surface area contributed by atoms with Crippen LogP contribution in [0.3, 0.4) is 0 Å². The molecule has 1 aromatic heterocycles. The van der Waals surface area contributed by atoms with Crippen molar-refractivity contribution < 1.29 is 9.18 Å². The molecule has 2 unspecified atom stereocenters. The van der Waals surface area contributed by atoms with Gasteiger partial charge in [0.15, 0.2) is 0 Å². The summed E-state index contributed by atoms with van der Waals surface area (Å²) in [7, 11) is 0. The van der Waals surface area contributed by atoms with Crippen LogP contribution in [0.15, 0.2) is 54.7 Å². The number of hydrogen-bond donors (Lipinski definition) is 0. The minimum Gasteiger partial charge on any atom is -0.372 e. The lowest BCUT2D eigenvalue weighted by atomic mass is 9.75. The molecule has 3 heterocycles. The molecule has 1 amide bonds. The number of carbonyl (C=O) groups is 1. The Bertz CT molecular complexity index is 1350. The van der Waals surface area contributed by atoms with E-state index in [2.05, 4.69) is 34.1 Å². The molecule has 1 aliphatic carbocycles. The number of amides is 1. The lowest BCUT2D eigenvalue weighted by Crippen LogP contribution is -2.42. The SMILES string of the molecule is CC(C)N(Cc1ccc(N2CCCC2)cc1)C(=O)c1cnc(N2CCC3CCCCC3C2)nc1-c1ccccc1F. The summed E-state index contributed by atoms with van der Waals surface area (Å²) in [6.45, 7) is 8.53. The van der Waals surface area contributed by atoms with Gasteiger partial charge in [-0.25, -0.2) is 14.4 Å². The third kappa shape index (κ3) is 5.95. The van der Waals surface area contributed by atoms with Crippen LogP contribution in [0.2, 0.25) is 0 Å². The molecule has 6 nitrogen and oxygen atoms in total. The number of fused-ring (bicyclic) bond motifs is 1. The molecule has 1 saturated carbocycles. The molecule has 216 valence electrons. The van der Waals surface area contributed by atoms with E-state index in [-0.39, 0.29) is 17.8 Å². The number of benzene rings is 2. The fraction of sp³-hybridized carbons (Fsp3) is 0.500. The Morgan fingerprint density at radius 2 is 1.66 bits per heavy atom. The van der Waals surface area contributed by atoms with Gasteiger partial charge in [0.25, 0.3) is 5.91 Å². The topological polar surface area (TPSA) is 52.6 Å². The Morgan fingerprint density at radius 1 is 0.927 bits per heavy atom. The summed E-state index contributed by atoms with van der Waals surface area (Å²) in [5, 5.41) is 0. The van der Waals surface area contributed by atoms with Crippen molar-refractivity contribution in [1.82, 2.24) is 14.9 Å². The molecular formula is C34H42FN5O. The first kappa shape index (κ1) is 27.7. The highest BCUT2D eigenvalue weighted by Crippen LogP contribution is 2.37. The molecule has 2 aromatic carbocycles. The number of anilines is 2. The molecule has 7 heteroatoms. The Morgan fingerprint density at radius 3 is 2.39 bits per heavy atom. The van der Waals surface area contributed by atoms with E-state index < -0.39 is 0 Å². The molecule has 3 fully saturated rings. The van der Waals surface area contributed by atoms with E-state index in [1.807, 2.05) is 18.7 Å². The van der Waals surface area contributed by atoms with E-state index in [0.29, 0.717) is 35.2 Å². The maximum Gasteiger partial charge on any atom is 0.258 e. The number of carbonyl (C=O) groups excluding carboxylic acids is 1. The van der Waals surface area contributed by atoms with Crippen LogP contribution in [0.4, 0.5) is 16.0 Å². The molecule has 0 radical (unpaired) electrons. The monoisotopic (exact) mass is 555 g/mol. The zero-order valence-corrected chi connectivity index (χ0v) is 24.4. The minimum atomic E-state index is -0.384. The van der Waals surface area contributed by atoms with Crippen LogP contribution in [-0.4, -0.2) is 53.0 Å². The average molecular weight is 556 g/mol. The summed E-state index contributed by atoms with van der Waals surface area (Å²) in [4.78, 5) is 30.3. The van der Waals surface area contributed by atoms with Crippen molar-refractivity contribution in [1.29, 1.82) is 0 Å². The quantitative estimate of drug-likeness (QED) is 0.316. The molecule has 41 heavy (non-hydrogen) atoms. The van der Waals surface area contributed by atoms with Crippen LogP contribution in [0.25, 0.3) is 11.3 Å². The standard InChI is InChI=1S/C34H42FN5O/c1-24(2)40(22-25-13-15-28(16-14-25)38-18-7-8-19-38)33(41)30-21-36-34(37-32(30)29-11-5-6-12-31(29)35)39-20-17-26-9-3-4-10-27(26)23-39/h5-6,11-16,21,24,26-27H,3-4,7-10,17-20,22-23H2,1-2H3. The summed E-state index contributed by atoms with van der Waals surface area (Å²) >= 11 is 0. The smallest absolute Gasteiger partial charge is 0.258 e. The van der Waals surface area contributed by atoms with Crippen molar-refractivity contribution in [3.05, 3.63) is 71.7 Å². The van der Waals surface area contributed by atoms with Crippen LogP contribution in [0.5, 0.6) is 0 Å². The highest BCUT2D eigenvalue weighted by molar-refractivity contribution is 6.00. The van der Waals surface area contributed by atoms with Crippen molar-refractivity contribution in [2.24, 2.45) is 11.8 Å². The lowest BCUT2D eigenvalue weighted by Gasteiger charge is -2.41. The molecule has 0 N–H and O–H groups in total. The van der Waals surface area contributed by atoms with Crippen molar-refractivity contribution in [2.45, 2.75) is 71.4 Å². The molecule has 2 aliphatic heterocycles. The van der Waals surface area contributed by atoms with Crippen LogP contribution in [0, 0.1) is 17.7 Å². The Labute approximate surface area is 243 Å². The van der Waals surface area contributed by atoms with E-state index in [1.54, 1.807) is 24.4 Å². The first-order chi connectivity index (χ1) is 20.0. The molecule has 0 spiro atoms. The second kappa shape index (κ2) is 12.2. The van der Waals surface area contributed by atoms with Gasteiger partial charge < -0.3 is 14.7 Å².